The fraction of sp³-hybridized carbons (Fsp3) is 0.259. The molecule has 0 fully saturated rings. The molecule has 0 saturated carbocycles. The summed E-state index contributed by atoms with van der Waals surface area (Å²) in [5.74, 6) is 2.43. The Kier molecular flexibility index (Phi) is 6.13. The average Bonchev–Trinajstić information content (AvgIpc) is 3.61. The van der Waals surface area contributed by atoms with Crippen molar-refractivity contribution in [2.75, 3.05) is 12.4 Å². The molecule has 0 amide bonds. The van der Waals surface area contributed by atoms with Crippen molar-refractivity contribution in [2.45, 2.75) is 38.6 Å². The van der Waals surface area contributed by atoms with Gasteiger partial charge in [-0.1, -0.05) is 30.2 Å². The summed E-state index contributed by atoms with van der Waals surface area (Å²) < 4.78 is 11.4. The van der Waals surface area contributed by atoms with E-state index in [0.717, 1.165) is 54.3 Å². The number of hydrogen-bond donors (Lipinski definition) is 1. The molecule has 9 nitrogen and oxygen atoms in total. The fourth-order valence-electron chi connectivity index (χ4n) is 4.83. The molecule has 0 radical (unpaired) electrons. The summed E-state index contributed by atoms with van der Waals surface area (Å²) in [6, 6.07) is 14.4. The molecule has 10 heteroatoms. The second kappa shape index (κ2) is 9.74. The van der Waals surface area contributed by atoms with Crippen LogP contribution in [0.15, 0.2) is 67.4 Å². The average molecular weight is 515 g/mol. The Labute approximate surface area is 219 Å². The molecule has 4 heterocycles. The molecule has 5 aromatic rings. The summed E-state index contributed by atoms with van der Waals surface area (Å²) in [6.07, 6.45) is 10.5. The number of methoxy groups -OCH3 is 1. The maximum atomic E-state index is 5.99. The van der Waals surface area contributed by atoms with Gasteiger partial charge in [0.25, 0.3) is 0 Å². The quantitative estimate of drug-likeness (QED) is 0.313. The minimum absolute atomic E-state index is 0.182. The smallest absolute Gasteiger partial charge is 0.246 e. The lowest BCUT2D eigenvalue weighted by molar-refractivity contribution is 0.413. The molecule has 1 atom stereocenters. The van der Waals surface area contributed by atoms with Crippen molar-refractivity contribution in [1.29, 1.82) is 0 Å². The first kappa shape index (κ1) is 23.3. The molecule has 1 aliphatic rings. The molecule has 0 bridgehead atoms. The van der Waals surface area contributed by atoms with Crippen LogP contribution in [-0.4, -0.2) is 41.2 Å². The lowest BCUT2D eigenvalue weighted by Gasteiger charge is -2.15. The van der Waals surface area contributed by atoms with Crippen LogP contribution in [0.2, 0.25) is 5.15 Å². The first-order valence-electron chi connectivity index (χ1n) is 12.3. The highest BCUT2D eigenvalue weighted by Crippen LogP contribution is 2.34. The Morgan fingerprint density at radius 1 is 1.08 bits per heavy atom. The monoisotopic (exact) mass is 514 g/mol. The molecule has 188 valence electrons. The third kappa shape index (κ3) is 4.70. The molecular formula is C27H27ClN8O. The number of nitrogens with one attached hydrogen (secondary N) is 1. The van der Waals surface area contributed by atoms with Crippen LogP contribution in [0.25, 0.3) is 11.4 Å². The van der Waals surface area contributed by atoms with Gasteiger partial charge in [-0.05, 0) is 55.2 Å². The van der Waals surface area contributed by atoms with E-state index >= 15 is 0 Å². The van der Waals surface area contributed by atoms with E-state index in [0.29, 0.717) is 16.9 Å². The van der Waals surface area contributed by atoms with Gasteiger partial charge in [0.2, 0.25) is 5.95 Å². The minimum Gasteiger partial charge on any atom is -0.494 e. The van der Waals surface area contributed by atoms with E-state index < -0.39 is 0 Å². The number of anilines is 2. The van der Waals surface area contributed by atoms with Gasteiger partial charge in [-0.15, -0.1) is 5.10 Å². The SMILES string of the molecule is COc1cc(Nc2nc3n(n2)CCCCC3c2ccc(-n3cc(C)cn3)cc2)ccc1-n1cnc(Cl)c1. The molecule has 1 unspecified atom stereocenters. The predicted molar refractivity (Wildman–Crippen MR) is 142 cm³/mol. The van der Waals surface area contributed by atoms with Gasteiger partial charge in [-0.3, -0.25) is 0 Å². The van der Waals surface area contributed by atoms with Crippen LogP contribution in [0.1, 0.15) is 42.1 Å². The summed E-state index contributed by atoms with van der Waals surface area (Å²) in [5, 5.41) is 13.0. The van der Waals surface area contributed by atoms with E-state index in [2.05, 4.69) is 39.7 Å². The van der Waals surface area contributed by atoms with E-state index in [4.69, 9.17) is 26.4 Å². The molecule has 0 spiro atoms. The highest BCUT2D eigenvalue weighted by atomic mass is 35.5. The number of fused-ring (bicyclic) bond motifs is 1. The van der Waals surface area contributed by atoms with E-state index in [1.165, 1.54) is 5.56 Å². The van der Waals surface area contributed by atoms with E-state index in [-0.39, 0.29) is 5.92 Å². The Hall–Kier alpha value is -4.11. The number of ether oxygens (including phenoxy) is 1. The van der Waals surface area contributed by atoms with Crippen molar-refractivity contribution in [3.05, 3.63) is 89.5 Å². The normalized spacial score (nSPS) is 15.3. The van der Waals surface area contributed by atoms with Gasteiger partial charge in [-0.25, -0.2) is 14.3 Å². The van der Waals surface area contributed by atoms with Gasteiger partial charge in [0.05, 0.1) is 24.7 Å². The van der Waals surface area contributed by atoms with E-state index in [9.17, 15) is 0 Å². The van der Waals surface area contributed by atoms with Crippen LogP contribution in [0.3, 0.4) is 0 Å². The van der Waals surface area contributed by atoms with E-state index in [1.807, 2.05) is 51.4 Å². The number of aryl methyl sites for hydroxylation is 2. The predicted octanol–water partition coefficient (Wildman–Crippen LogP) is 5.68. The second-order valence-electron chi connectivity index (χ2n) is 9.23. The van der Waals surface area contributed by atoms with Crippen LogP contribution in [0.5, 0.6) is 5.75 Å². The fourth-order valence-corrected chi connectivity index (χ4v) is 4.97. The van der Waals surface area contributed by atoms with Crippen molar-refractivity contribution in [3.8, 4) is 17.1 Å². The third-order valence-corrected chi connectivity index (χ3v) is 6.86. The highest BCUT2D eigenvalue weighted by molar-refractivity contribution is 6.29. The van der Waals surface area contributed by atoms with Crippen LogP contribution in [-0.2, 0) is 6.54 Å². The Balaban J connectivity index is 1.26. The number of hydrogen-bond acceptors (Lipinski definition) is 6. The van der Waals surface area contributed by atoms with E-state index in [1.54, 1.807) is 19.6 Å². The lowest BCUT2D eigenvalue weighted by atomic mass is 9.93. The summed E-state index contributed by atoms with van der Waals surface area (Å²) in [7, 11) is 1.64. The summed E-state index contributed by atoms with van der Waals surface area (Å²) >= 11 is 5.99. The Bertz CT molecular complexity index is 1530. The van der Waals surface area contributed by atoms with Crippen molar-refractivity contribution in [2.24, 2.45) is 0 Å². The maximum Gasteiger partial charge on any atom is 0.246 e. The van der Waals surface area contributed by atoms with Crippen LogP contribution in [0, 0.1) is 6.92 Å². The molecular weight excluding hydrogens is 488 g/mol. The molecule has 1 N–H and O–H groups in total. The first-order valence-corrected chi connectivity index (χ1v) is 12.7. The summed E-state index contributed by atoms with van der Waals surface area (Å²) in [6.45, 7) is 2.90. The molecule has 3 aromatic heterocycles. The number of imidazole rings is 1. The number of halogens is 1. The zero-order valence-electron chi connectivity index (χ0n) is 20.7. The van der Waals surface area contributed by atoms with Gasteiger partial charge < -0.3 is 14.6 Å². The molecule has 37 heavy (non-hydrogen) atoms. The highest BCUT2D eigenvalue weighted by Gasteiger charge is 2.25. The summed E-state index contributed by atoms with van der Waals surface area (Å²) in [4.78, 5) is 9.02. The van der Waals surface area contributed by atoms with Gasteiger partial charge in [-0.2, -0.15) is 10.1 Å². The van der Waals surface area contributed by atoms with Gasteiger partial charge in [0.15, 0.2) is 0 Å². The third-order valence-electron chi connectivity index (χ3n) is 6.66. The molecule has 2 aromatic carbocycles. The van der Waals surface area contributed by atoms with Crippen LogP contribution < -0.4 is 10.1 Å². The van der Waals surface area contributed by atoms with Gasteiger partial charge in [0, 0.05) is 36.6 Å². The number of rotatable bonds is 6. The Morgan fingerprint density at radius 2 is 1.95 bits per heavy atom. The molecule has 6 rings (SSSR count). The largest absolute Gasteiger partial charge is 0.494 e. The molecule has 0 saturated heterocycles. The number of nitrogens with zero attached hydrogens (tertiary/aromatic N) is 7. The standard InChI is InChI=1S/C27H27ClN8O/c1-18-14-30-36(15-18)21-9-6-19(7-10-21)22-5-3-4-12-35-26(22)32-27(33-35)31-20-8-11-23(24(13-20)37-2)34-16-25(28)29-17-34/h6-11,13-17,22H,3-5,12H2,1-2H3,(H,31,33). The topological polar surface area (TPSA) is 87.6 Å². The maximum absolute atomic E-state index is 5.99. The van der Waals surface area contributed by atoms with Gasteiger partial charge in [0.1, 0.15) is 23.1 Å². The van der Waals surface area contributed by atoms with Crippen LogP contribution in [0.4, 0.5) is 11.6 Å². The Morgan fingerprint density at radius 3 is 2.68 bits per heavy atom. The number of aromatic nitrogens is 7. The van der Waals surface area contributed by atoms with Crippen molar-refractivity contribution < 1.29 is 4.74 Å². The zero-order valence-corrected chi connectivity index (χ0v) is 21.4. The lowest BCUT2D eigenvalue weighted by Crippen LogP contribution is -2.08. The number of benzene rings is 2. The zero-order chi connectivity index (χ0) is 25.4. The molecule has 1 aliphatic heterocycles. The van der Waals surface area contributed by atoms with Crippen molar-refractivity contribution in [1.82, 2.24) is 34.1 Å². The van der Waals surface area contributed by atoms with Gasteiger partial charge >= 0.3 is 0 Å². The summed E-state index contributed by atoms with van der Waals surface area (Å²) in [5.41, 5.74) is 5.10. The molecule has 0 aliphatic carbocycles. The minimum atomic E-state index is 0.182. The second-order valence-corrected chi connectivity index (χ2v) is 9.62. The van der Waals surface area contributed by atoms with Crippen molar-refractivity contribution in [3.63, 3.8) is 0 Å². The first-order chi connectivity index (χ1) is 18.1. The van der Waals surface area contributed by atoms with Crippen LogP contribution >= 0.6 is 11.6 Å². The van der Waals surface area contributed by atoms with Crippen molar-refractivity contribution >= 4 is 23.2 Å².